The Hall–Kier alpha value is -3.32. The zero-order valence-corrected chi connectivity index (χ0v) is 15.3. The summed E-state index contributed by atoms with van der Waals surface area (Å²) >= 11 is 0. The highest BCUT2D eigenvalue weighted by Gasteiger charge is 2.17. The van der Waals surface area contributed by atoms with Gasteiger partial charge in [0, 0.05) is 11.6 Å². The minimum Gasteiger partial charge on any atom is -0.508 e. The minimum absolute atomic E-state index is 0.0389. The van der Waals surface area contributed by atoms with Gasteiger partial charge in [-0.1, -0.05) is 17.7 Å². The summed E-state index contributed by atoms with van der Waals surface area (Å²) in [6.45, 7) is 1.90. The molecule has 3 N–H and O–H groups in total. The smallest absolute Gasteiger partial charge is 0.206 e. The van der Waals surface area contributed by atoms with Crippen LogP contribution in [0.25, 0.3) is 0 Å². The first-order valence-electron chi connectivity index (χ1n) is 8.09. The summed E-state index contributed by atoms with van der Waals surface area (Å²) in [5.41, 5.74) is 4.77. The average Bonchev–Trinajstić information content (AvgIpc) is 2.64. The second-order valence-electron chi connectivity index (χ2n) is 5.95. The Morgan fingerprint density at radius 1 is 0.889 bits per heavy atom. The summed E-state index contributed by atoms with van der Waals surface area (Å²) in [7, 11) is -3.57. The van der Waals surface area contributed by atoms with Crippen molar-refractivity contribution in [3.8, 4) is 11.5 Å². The summed E-state index contributed by atoms with van der Waals surface area (Å²) in [5.74, 6) is -0.136. The Morgan fingerprint density at radius 3 is 2.07 bits per heavy atom. The van der Waals surface area contributed by atoms with Crippen molar-refractivity contribution in [1.29, 1.82) is 0 Å². The van der Waals surface area contributed by atoms with Gasteiger partial charge < -0.3 is 10.2 Å². The lowest BCUT2D eigenvalue weighted by Gasteiger charge is -2.06. The molecule has 0 heterocycles. The van der Waals surface area contributed by atoms with Gasteiger partial charge in [-0.05, 0) is 55.5 Å². The van der Waals surface area contributed by atoms with Crippen LogP contribution in [0.4, 0.5) is 5.69 Å². The van der Waals surface area contributed by atoms with Gasteiger partial charge in [-0.25, -0.2) is 8.42 Å². The molecule has 0 aromatic heterocycles. The summed E-state index contributed by atoms with van der Waals surface area (Å²) in [4.78, 5) is 0.437. The topological polar surface area (TPSA) is 99.0 Å². The van der Waals surface area contributed by atoms with Crippen molar-refractivity contribution in [2.24, 2.45) is 5.10 Å². The molecule has 0 saturated carbocycles. The van der Waals surface area contributed by atoms with Crippen LogP contribution in [-0.2, 0) is 9.84 Å². The second kappa shape index (κ2) is 7.51. The maximum atomic E-state index is 12.6. The van der Waals surface area contributed by atoms with Crippen LogP contribution in [0.5, 0.6) is 11.5 Å². The number of aryl methyl sites for hydroxylation is 1. The molecule has 0 atom stereocenters. The van der Waals surface area contributed by atoms with Crippen molar-refractivity contribution in [3.05, 3.63) is 77.9 Å². The maximum absolute atomic E-state index is 12.6. The van der Waals surface area contributed by atoms with Gasteiger partial charge in [0.05, 0.1) is 21.7 Å². The number of nitrogens with one attached hydrogen (secondary N) is 1. The second-order valence-corrected chi connectivity index (χ2v) is 7.90. The van der Waals surface area contributed by atoms with E-state index in [4.69, 9.17) is 0 Å². The number of nitrogens with zero attached hydrogens (tertiary/aromatic N) is 1. The number of rotatable bonds is 5. The standard InChI is InChI=1S/C20H18N2O4S/c1-14-2-8-18(9-3-14)27(25,26)19-10-5-16(6-11-19)22-21-13-15-4-7-17(23)12-20(15)24/h2-13,22-24H,1H3/b21-13+. The van der Waals surface area contributed by atoms with Gasteiger partial charge in [0.1, 0.15) is 11.5 Å². The van der Waals surface area contributed by atoms with Crippen LogP contribution < -0.4 is 5.43 Å². The highest BCUT2D eigenvalue weighted by Crippen LogP contribution is 2.23. The SMILES string of the molecule is Cc1ccc(S(=O)(=O)c2ccc(N/N=C/c3ccc(O)cc3O)cc2)cc1. The predicted octanol–water partition coefficient (Wildman–Crippen LogP) is 3.69. The van der Waals surface area contributed by atoms with Gasteiger partial charge >= 0.3 is 0 Å². The molecule has 27 heavy (non-hydrogen) atoms. The first kappa shape index (κ1) is 18.5. The molecule has 0 bridgehead atoms. The quantitative estimate of drug-likeness (QED) is 0.462. The van der Waals surface area contributed by atoms with Crippen molar-refractivity contribution in [3.63, 3.8) is 0 Å². The van der Waals surface area contributed by atoms with Gasteiger partial charge in [-0.2, -0.15) is 5.10 Å². The molecule has 7 heteroatoms. The van der Waals surface area contributed by atoms with E-state index >= 15 is 0 Å². The van der Waals surface area contributed by atoms with Gasteiger partial charge in [0.15, 0.2) is 0 Å². The molecule has 3 aromatic carbocycles. The molecule has 6 nitrogen and oxygen atoms in total. The largest absolute Gasteiger partial charge is 0.508 e. The Morgan fingerprint density at radius 2 is 1.48 bits per heavy atom. The van der Waals surface area contributed by atoms with E-state index in [-0.39, 0.29) is 21.3 Å². The monoisotopic (exact) mass is 382 g/mol. The first-order chi connectivity index (χ1) is 12.9. The van der Waals surface area contributed by atoms with E-state index in [2.05, 4.69) is 10.5 Å². The fourth-order valence-corrected chi connectivity index (χ4v) is 3.64. The van der Waals surface area contributed by atoms with E-state index < -0.39 is 9.84 Å². The lowest BCUT2D eigenvalue weighted by molar-refractivity contribution is 0.450. The number of phenolic OH excluding ortho intramolecular Hbond substituents is 2. The van der Waals surface area contributed by atoms with Gasteiger partial charge in [0.25, 0.3) is 0 Å². The number of aromatic hydroxyl groups is 2. The third-order valence-corrected chi connectivity index (χ3v) is 5.69. The minimum atomic E-state index is -3.57. The molecule has 0 saturated heterocycles. The van der Waals surface area contributed by atoms with Crippen LogP contribution in [0.2, 0.25) is 0 Å². The molecular formula is C20H18N2O4S. The number of phenols is 2. The van der Waals surface area contributed by atoms with Crippen LogP contribution in [-0.4, -0.2) is 24.8 Å². The molecule has 0 aliphatic rings. The van der Waals surface area contributed by atoms with Gasteiger partial charge in [0.2, 0.25) is 9.84 Å². The molecule has 0 aliphatic carbocycles. The molecule has 3 aromatic rings. The highest BCUT2D eigenvalue weighted by molar-refractivity contribution is 7.91. The van der Waals surface area contributed by atoms with E-state index in [1.54, 1.807) is 36.4 Å². The van der Waals surface area contributed by atoms with Crippen LogP contribution in [0.15, 0.2) is 81.6 Å². The summed E-state index contributed by atoms with van der Waals surface area (Å²) < 4.78 is 25.2. The van der Waals surface area contributed by atoms with Gasteiger partial charge in [-0.3, -0.25) is 5.43 Å². The number of hydrazone groups is 1. The average molecular weight is 382 g/mol. The van der Waals surface area contributed by atoms with Crippen LogP contribution in [0, 0.1) is 6.92 Å². The highest BCUT2D eigenvalue weighted by atomic mass is 32.2. The van der Waals surface area contributed by atoms with Crippen molar-refractivity contribution in [1.82, 2.24) is 0 Å². The number of hydrogen-bond donors (Lipinski definition) is 3. The normalized spacial score (nSPS) is 11.6. The van der Waals surface area contributed by atoms with E-state index in [0.717, 1.165) is 5.56 Å². The van der Waals surface area contributed by atoms with Crippen LogP contribution in [0.3, 0.4) is 0 Å². The van der Waals surface area contributed by atoms with Crippen molar-refractivity contribution in [2.75, 3.05) is 5.43 Å². The van der Waals surface area contributed by atoms with Crippen LogP contribution in [0.1, 0.15) is 11.1 Å². The fourth-order valence-electron chi connectivity index (χ4n) is 2.38. The fraction of sp³-hybridized carbons (Fsp3) is 0.0500. The zero-order valence-electron chi connectivity index (χ0n) is 14.5. The predicted molar refractivity (Wildman–Crippen MR) is 104 cm³/mol. The number of anilines is 1. The molecule has 0 spiro atoms. The lowest BCUT2D eigenvalue weighted by atomic mass is 10.2. The molecule has 0 fully saturated rings. The Kier molecular flexibility index (Phi) is 5.14. The van der Waals surface area contributed by atoms with Crippen molar-refractivity contribution in [2.45, 2.75) is 16.7 Å². The molecule has 0 aliphatic heterocycles. The molecular weight excluding hydrogens is 364 g/mol. The molecule has 3 rings (SSSR count). The third-order valence-electron chi connectivity index (χ3n) is 3.91. The lowest BCUT2D eigenvalue weighted by Crippen LogP contribution is -2.02. The Balaban J connectivity index is 1.73. The number of benzene rings is 3. The summed E-state index contributed by atoms with van der Waals surface area (Å²) in [5, 5.41) is 22.9. The van der Waals surface area contributed by atoms with E-state index in [1.165, 1.54) is 36.5 Å². The zero-order chi connectivity index (χ0) is 19.4. The van der Waals surface area contributed by atoms with Gasteiger partial charge in [-0.15, -0.1) is 0 Å². The Labute approximate surface area is 157 Å². The molecule has 0 radical (unpaired) electrons. The van der Waals surface area contributed by atoms with Crippen molar-refractivity contribution < 1.29 is 18.6 Å². The van der Waals surface area contributed by atoms with E-state index in [1.807, 2.05) is 6.92 Å². The van der Waals surface area contributed by atoms with Crippen molar-refractivity contribution >= 4 is 21.7 Å². The maximum Gasteiger partial charge on any atom is 0.206 e. The third kappa shape index (κ3) is 4.27. The number of sulfone groups is 1. The van der Waals surface area contributed by atoms with E-state index in [9.17, 15) is 18.6 Å². The molecule has 138 valence electrons. The number of hydrogen-bond acceptors (Lipinski definition) is 6. The van der Waals surface area contributed by atoms with Crippen LogP contribution >= 0.6 is 0 Å². The molecule has 0 amide bonds. The molecule has 0 unspecified atom stereocenters. The summed E-state index contributed by atoms with van der Waals surface area (Å²) in [6.07, 6.45) is 1.39. The summed E-state index contributed by atoms with van der Waals surface area (Å²) in [6, 6.07) is 17.1. The first-order valence-corrected chi connectivity index (χ1v) is 9.57. The van der Waals surface area contributed by atoms with E-state index in [0.29, 0.717) is 11.3 Å². The Bertz CT molecular complexity index is 1070.